The van der Waals surface area contributed by atoms with Crippen molar-refractivity contribution in [2.45, 2.75) is 12.3 Å². The van der Waals surface area contributed by atoms with Crippen molar-refractivity contribution in [2.24, 2.45) is 0 Å². The average Bonchev–Trinajstić information content (AvgIpc) is 2.29. The summed E-state index contributed by atoms with van der Waals surface area (Å²) in [5, 5.41) is 0.116. The van der Waals surface area contributed by atoms with Crippen LogP contribution in [0.3, 0.4) is 0 Å². The Morgan fingerprint density at radius 2 is 2.17 bits per heavy atom. The van der Waals surface area contributed by atoms with Gasteiger partial charge in [-0.05, 0) is 0 Å². The fourth-order valence-corrected chi connectivity index (χ4v) is 1.07. The van der Waals surface area contributed by atoms with E-state index in [0.717, 1.165) is 6.08 Å². The molecule has 0 spiro atoms. The molecule has 1 rings (SSSR count). The Labute approximate surface area is 74.5 Å². The SMILES string of the molecule is O=C1C=C(CBr)OC1C(F)(F)F. The summed E-state index contributed by atoms with van der Waals surface area (Å²) in [4.78, 5) is 10.6. The molecule has 1 aliphatic rings. The molecule has 1 atom stereocenters. The quantitative estimate of drug-likeness (QED) is 0.658. The molecule has 0 bridgehead atoms. The highest BCUT2D eigenvalue weighted by Gasteiger charge is 2.49. The van der Waals surface area contributed by atoms with Gasteiger partial charge in [-0.3, -0.25) is 4.79 Å². The second kappa shape index (κ2) is 3.08. The summed E-state index contributed by atoms with van der Waals surface area (Å²) in [5.41, 5.74) is 0. The fraction of sp³-hybridized carbons (Fsp3) is 0.500. The molecule has 0 amide bonds. The molecule has 6 heteroatoms. The van der Waals surface area contributed by atoms with Crippen LogP contribution < -0.4 is 0 Å². The summed E-state index contributed by atoms with van der Waals surface area (Å²) in [6.45, 7) is 0. The number of rotatable bonds is 1. The van der Waals surface area contributed by atoms with Crippen LogP contribution in [0, 0.1) is 0 Å². The molecule has 0 fully saturated rings. The topological polar surface area (TPSA) is 26.3 Å². The van der Waals surface area contributed by atoms with Gasteiger partial charge in [-0.2, -0.15) is 13.2 Å². The number of hydrogen-bond acceptors (Lipinski definition) is 2. The van der Waals surface area contributed by atoms with E-state index in [1.54, 1.807) is 0 Å². The third-order valence-electron chi connectivity index (χ3n) is 1.26. The molecular formula is C6H4BrF3O2. The number of ether oxygens (including phenoxy) is 1. The van der Waals surface area contributed by atoms with E-state index >= 15 is 0 Å². The van der Waals surface area contributed by atoms with Crippen LogP contribution in [0.1, 0.15) is 0 Å². The van der Waals surface area contributed by atoms with Crippen LogP contribution in [0.5, 0.6) is 0 Å². The number of carbonyl (C=O) groups is 1. The van der Waals surface area contributed by atoms with Gasteiger partial charge < -0.3 is 4.74 Å². The number of allylic oxidation sites excluding steroid dienone is 1. The van der Waals surface area contributed by atoms with E-state index in [4.69, 9.17) is 0 Å². The highest BCUT2D eigenvalue weighted by molar-refractivity contribution is 9.09. The molecule has 0 saturated heterocycles. The van der Waals surface area contributed by atoms with E-state index in [-0.39, 0.29) is 11.1 Å². The van der Waals surface area contributed by atoms with Crippen molar-refractivity contribution in [3.8, 4) is 0 Å². The number of halogens is 4. The monoisotopic (exact) mass is 244 g/mol. The maximum Gasteiger partial charge on any atom is 0.433 e. The van der Waals surface area contributed by atoms with Crippen molar-refractivity contribution in [3.63, 3.8) is 0 Å². The number of hydrogen-bond donors (Lipinski definition) is 0. The molecule has 1 aliphatic heterocycles. The standard InChI is InChI=1S/C6H4BrF3O2/c7-2-3-1-4(11)5(12-3)6(8,9)10/h1,5H,2H2. The van der Waals surface area contributed by atoms with Crippen molar-refractivity contribution in [2.75, 3.05) is 5.33 Å². The largest absolute Gasteiger partial charge is 0.476 e. The van der Waals surface area contributed by atoms with Crippen LogP contribution in [0.4, 0.5) is 13.2 Å². The van der Waals surface area contributed by atoms with Crippen molar-refractivity contribution >= 4 is 21.7 Å². The average molecular weight is 245 g/mol. The van der Waals surface area contributed by atoms with Crippen LogP contribution in [0.25, 0.3) is 0 Å². The smallest absolute Gasteiger partial charge is 0.433 e. The van der Waals surface area contributed by atoms with Gasteiger partial charge in [-0.25, -0.2) is 0 Å². The maximum absolute atomic E-state index is 11.9. The molecule has 68 valence electrons. The first-order valence-corrected chi connectivity index (χ1v) is 4.11. The van der Waals surface area contributed by atoms with Crippen LogP contribution in [-0.2, 0) is 9.53 Å². The van der Waals surface area contributed by atoms with Crippen molar-refractivity contribution in [3.05, 3.63) is 11.8 Å². The number of ketones is 1. The van der Waals surface area contributed by atoms with Gasteiger partial charge in [0.25, 0.3) is 6.10 Å². The number of carbonyl (C=O) groups excluding carboxylic acids is 1. The van der Waals surface area contributed by atoms with Crippen LogP contribution in [-0.4, -0.2) is 23.4 Å². The van der Waals surface area contributed by atoms with Crippen LogP contribution >= 0.6 is 15.9 Å². The van der Waals surface area contributed by atoms with Crippen molar-refractivity contribution in [1.82, 2.24) is 0 Å². The Balaban J connectivity index is 2.72. The van der Waals surface area contributed by atoms with E-state index in [0.29, 0.717) is 0 Å². The van der Waals surface area contributed by atoms with Gasteiger partial charge in [0.05, 0.1) is 5.33 Å². The third kappa shape index (κ3) is 1.80. The zero-order chi connectivity index (χ0) is 9.35. The van der Waals surface area contributed by atoms with E-state index < -0.39 is 18.1 Å². The molecule has 1 heterocycles. The van der Waals surface area contributed by atoms with E-state index in [1.807, 2.05) is 0 Å². The summed E-state index contributed by atoms with van der Waals surface area (Å²) in [6, 6.07) is 0. The van der Waals surface area contributed by atoms with E-state index in [2.05, 4.69) is 20.7 Å². The first kappa shape index (κ1) is 9.57. The Bertz CT molecular complexity index is 233. The minimum Gasteiger partial charge on any atom is -0.476 e. The Hall–Kier alpha value is -0.520. The summed E-state index contributed by atoms with van der Waals surface area (Å²) in [5.74, 6) is -1.03. The normalized spacial score (nSPS) is 23.8. The molecule has 0 aliphatic carbocycles. The zero-order valence-corrected chi connectivity index (χ0v) is 7.28. The fourth-order valence-electron chi connectivity index (χ4n) is 0.776. The highest BCUT2D eigenvalue weighted by Crippen LogP contribution is 2.30. The molecule has 12 heavy (non-hydrogen) atoms. The maximum atomic E-state index is 11.9. The van der Waals surface area contributed by atoms with E-state index in [9.17, 15) is 18.0 Å². The summed E-state index contributed by atoms with van der Waals surface area (Å²) < 4.78 is 40.1. The van der Waals surface area contributed by atoms with Gasteiger partial charge in [-0.1, -0.05) is 15.9 Å². The van der Waals surface area contributed by atoms with Gasteiger partial charge in [0, 0.05) is 6.08 Å². The predicted octanol–water partition coefficient (Wildman–Crippen LogP) is 1.80. The van der Waals surface area contributed by atoms with E-state index in [1.165, 1.54) is 0 Å². The molecule has 0 saturated carbocycles. The lowest BCUT2D eigenvalue weighted by atomic mass is 10.2. The second-order valence-corrected chi connectivity index (χ2v) is 2.75. The first-order chi connectivity index (χ1) is 5.45. The second-order valence-electron chi connectivity index (χ2n) is 2.19. The minimum absolute atomic E-state index is 0.0160. The summed E-state index contributed by atoms with van der Waals surface area (Å²) in [6.07, 6.45) is -6.06. The highest BCUT2D eigenvalue weighted by atomic mass is 79.9. The lowest BCUT2D eigenvalue weighted by Gasteiger charge is -2.13. The third-order valence-corrected chi connectivity index (χ3v) is 1.81. The minimum atomic E-state index is -4.61. The lowest BCUT2D eigenvalue weighted by Crippen LogP contribution is -2.34. The van der Waals surface area contributed by atoms with Crippen molar-refractivity contribution in [1.29, 1.82) is 0 Å². The van der Waals surface area contributed by atoms with Gasteiger partial charge in [0.15, 0.2) is 0 Å². The Kier molecular flexibility index (Phi) is 2.46. The molecule has 0 aromatic rings. The molecule has 1 unspecified atom stereocenters. The molecule has 2 nitrogen and oxygen atoms in total. The van der Waals surface area contributed by atoms with Crippen LogP contribution in [0.2, 0.25) is 0 Å². The molecule has 0 aromatic carbocycles. The molecule has 0 radical (unpaired) electrons. The zero-order valence-electron chi connectivity index (χ0n) is 5.69. The van der Waals surface area contributed by atoms with Gasteiger partial charge in [0.2, 0.25) is 5.78 Å². The molecule has 0 N–H and O–H groups in total. The summed E-state index contributed by atoms with van der Waals surface area (Å²) >= 11 is 2.89. The van der Waals surface area contributed by atoms with Gasteiger partial charge in [-0.15, -0.1) is 0 Å². The summed E-state index contributed by atoms with van der Waals surface area (Å²) in [7, 11) is 0. The first-order valence-electron chi connectivity index (χ1n) is 2.99. The lowest BCUT2D eigenvalue weighted by molar-refractivity contribution is -0.201. The number of alkyl halides is 4. The Morgan fingerprint density at radius 1 is 1.58 bits per heavy atom. The Morgan fingerprint density at radius 3 is 2.42 bits per heavy atom. The van der Waals surface area contributed by atoms with Gasteiger partial charge in [0.1, 0.15) is 5.76 Å². The molecular weight excluding hydrogens is 241 g/mol. The molecule has 0 aromatic heterocycles. The van der Waals surface area contributed by atoms with Crippen LogP contribution in [0.15, 0.2) is 11.8 Å². The predicted molar refractivity (Wildman–Crippen MR) is 37.8 cm³/mol. The van der Waals surface area contributed by atoms with Crippen molar-refractivity contribution < 1.29 is 22.7 Å². The van der Waals surface area contributed by atoms with Gasteiger partial charge >= 0.3 is 6.18 Å².